The number of hydrogen-bond acceptors (Lipinski definition) is 0. The van der Waals surface area contributed by atoms with Crippen molar-refractivity contribution in [3.63, 3.8) is 0 Å². The zero-order chi connectivity index (χ0) is 9.03. The van der Waals surface area contributed by atoms with Crippen molar-refractivity contribution in [1.82, 2.24) is 0 Å². The highest BCUT2D eigenvalue weighted by Crippen LogP contribution is 2.23. The maximum Gasteiger partial charge on any atom is 0.245 e. The molecule has 0 aromatic heterocycles. The first-order valence-corrected chi connectivity index (χ1v) is 4.30. The molecule has 0 amide bonds. The number of allylic oxidation sites excluding steroid dienone is 4. The Bertz CT molecular complexity index is 196. The minimum absolute atomic E-state index is 0.00431. The lowest BCUT2D eigenvalue weighted by Gasteiger charge is -2.09. The maximum atomic E-state index is 12.4. The lowest BCUT2D eigenvalue weighted by atomic mass is 10.1. The Morgan fingerprint density at radius 1 is 1.50 bits per heavy atom. The van der Waals surface area contributed by atoms with Crippen LogP contribution in [0.25, 0.3) is 0 Å². The van der Waals surface area contributed by atoms with E-state index in [1.54, 1.807) is 0 Å². The van der Waals surface area contributed by atoms with E-state index in [1.807, 2.05) is 12.2 Å². The Labute approximate surface area is 72.0 Å². The summed E-state index contributed by atoms with van der Waals surface area (Å²) in [5, 5.41) is 0. The smallest absolute Gasteiger partial charge is 0.207 e. The molecule has 0 unspecified atom stereocenters. The second kappa shape index (κ2) is 3.83. The molecule has 0 aromatic carbocycles. The monoisotopic (exact) mass is 172 g/mol. The fourth-order valence-electron chi connectivity index (χ4n) is 1.30. The fourth-order valence-corrected chi connectivity index (χ4v) is 1.30. The van der Waals surface area contributed by atoms with E-state index in [-0.39, 0.29) is 6.42 Å². The van der Waals surface area contributed by atoms with Crippen LogP contribution in [0.3, 0.4) is 0 Å². The van der Waals surface area contributed by atoms with Crippen molar-refractivity contribution < 1.29 is 8.78 Å². The van der Waals surface area contributed by atoms with Crippen LogP contribution >= 0.6 is 0 Å². The van der Waals surface area contributed by atoms with Gasteiger partial charge in [-0.1, -0.05) is 23.8 Å². The molecule has 2 heteroatoms. The number of alkyl halides is 2. The lowest BCUT2D eigenvalue weighted by molar-refractivity contribution is 0.0111. The predicted molar refractivity (Wildman–Crippen MR) is 46.3 cm³/mol. The molecule has 0 N–H and O–H groups in total. The Kier molecular flexibility index (Phi) is 3.01. The number of halogens is 2. The van der Waals surface area contributed by atoms with Crippen molar-refractivity contribution in [1.29, 1.82) is 0 Å². The molecule has 0 aromatic rings. The van der Waals surface area contributed by atoms with Crippen LogP contribution in [0.15, 0.2) is 23.8 Å². The first kappa shape index (κ1) is 9.43. The van der Waals surface area contributed by atoms with Crippen LogP contribution in [0.2, 0.25) is 0 Å². The van der Waals surface area contributed by atoms with E-state index < -0.39 is 5.92 Å². The highest BCUT2D eigenvalue weighted by atomic mass is 19.3. The summed E-state index contributed by atoms with van der Waals surface area (Å²) in [6.45, 7) is 0.980. The van der Waals surface area contributed by atoms with Gasteiger partial charge in [0.15, 0.2) is 0 Å². The molecule has 1 aliphatic carbocycles. The van der Waals surface area contributed by atoms with Gasteiger partial charge in [0, 0.05) is 6.42 Å². The number of rotatable bonds is 4. The van der Waals surface area contributed by atoms with Gasteiger partial charge in [-0.05, 0) is 26.2 Å². The summed E-state index contributed by atoms with van der Waals surface area (Å²) in [5.41, 5.74) is 1.28. The number of hydrogen-bond donors (Lipinski definition) is 0. The van der Waals surface area contributed by atoms with Gasteiger partial charge in [-0.2, -0.15) is 0 Å². The van der Waals surface area contributed by atoms with Gasteiger partial charge in [0.05, 0.1) is 0 Å². The third-order valence-electron chi connectivity index (χ3n) is 1.96. The minimum Gasteiger partial charge on any atom is -0.207 e. The maximum absolute atomic E-state index is 12.4. The van der Waals surface area contributed by atoms with Crippen LogP contribution < -0.4 is 0 Å². The van der Waals surface area contributed by atoms with Gasteiger partial charge in [-0.3, -0.25) is 0 Å². The molecule has 0 heterocycles. The molecule has 0 spiro atoms. The van der Waals surface area contributed by atoms with Crippen LogP contribution in [0.4, 0.5) is 8.78 Å². The highest BCUT2D eigenvalue weighted by Gasteiger charge is 2.19. The summed E-state index contributed by atoms with van der Waals surface area (Å²) in [5.74, 6) is -2.49. The van der Waals surface area contributed by atoms with Crippen molar-refractivity contribution >= 4 is 0 Å². The molecular weight excluding hydrogens is 158 g/mol. The molecule has 0 aliphatic heterocycles. The van der Waals surface area contributed by atoms with E-state index >= 15 is 0 Å². The van der Waals surface area contributed by atoms with Crippen LogP contribution in [-0.2, 0) is 0 Å². The molecule has 0 saturated carbocycles. The van der Waals surface area contributed by atoms with Gasteiger partial charge in [0.25, 0.3) is 0 Å². The largest absolute Gasteiger partial charge is 0.245 e. The minimum atomic E-state index is -2.49. The van der Waals surface area contributed by atoms with Crippen molar-refractivity contribution in [2.24, 2.45) is 0 Å². The van der Waals surface area contributed by atoms with Gasteiger partial charge in [-0.25, -0.2) is 8.78 Å². The molecule has 0 bridgehead atoms. The topological polar surface area (TPSA) is 0 Å². The van der Waals surface area contributed by atoms with E-state index in [9.17, 15) is 8.78 Å². The Morgan fingerprint density at radius 2 is 2.25 bits per heavy atom. The average molecular weight is 172 g/mol. The predicted octanol–water partition coefficient (Wildman–Crippen LogP) is 3.70. The second-order valence-electron chi connectivity index (χ2n) is 3.38. The van der Waals surface area contributed by atoms with E-state index in [2.05, 4.69) is 6.08 Å². The summed E-state index contributed by atoms with van der Waals surface area (Å²) in [7, 11) is 0. The van der Waals surface area contributed by atoms with Crippen LogP contribution in [0.5, 0.6) is 0 Å². The van der Waals surface area contributed by atoms with Crippen molar-refractivity contribution in [3.05, 3.63) is 23.8 Å². The molecule has 0 atom stereocenters. The molecule has 0 fully saturated rings. The van der Waals surface area contributed by atoms with E-state index in [0.29, 0.717) is 6.42 Å². The van der Waals surface area contributed by atoms with Gasteiger partial charge < -0.3 is 0 Å². The van der Waals surface area contributed by atoms with Crippen molar-refractivity contribution in [2.45, 2.75) is 38.5 Å². The zero-order valence-electron chi connectivity index (χ0n) is 7.32. The molecule has 68 valence electrons. The van der Waals surface area contributed by atoms with Crippen molar-refractivity contribution in [2.75, 3.05) is 0 Å². The van der Waals surface area contributed by atoms with Gasteiger partial charge in [0.1, 0.15) is 0 Å². The lowest BCUT2D eigenvalue weighted by Crippen LogP contribution is -2.08. The molecule has 1 aliphatic rings. The molecule has 1 rings (SSSR count). The van der Waals surface area contributed by atoms with Gasteiger partial charge >= 0.3 is 0 Å². The van der Waals surface area contributed by atoms with Crippen LogP contribution in [-0.4, -0.2) is 5.92 Å². The van der Waals surface area contributed by atoms with Crippen LogP contribution in [0, 0.1) is 0 Å². The summed E-state index contributed by atoms with van der Waals surface area (Å²) in [6.07, 6.45) is 8.43. The third kappa shape index (κ3) is 3.65. The normalized spacial score (nSPS) is 16.8. The molecule has 0 saturated heterocycles. The Balaban J connectivity index is 2.11. The fraction of sp³-hybridized carbons (Fsp3) is 0.600. The first-order chi connectivity index (χ1) is 5.58. The van der Waals surface area contributed by atoms with Crippen molar-refractivity contribution in [3.8, 4) is 0 Å². The molecule has 12 heavy (non-hydrogen) atoms. The average Bonchev–Trinajstić information content (AvgIpc) is 2.36. The summed E-state index contributed by atoms with van der Waals surface area (Å²) in [4.78, 5) is 0. The summed E-state index contributed by atoms with van der Waals surface area (Å²) < 4.78 is 24.7. The molecule has 0 radical (unpaired) electrons. The van der Waals surface area contributed by atoms with E-state index in [0.717, 1.165) is 19.8 Å². The Hall–Kier alpha value is -0.660. The third-order valence-corrected chi connectivity index (χ3v) is 1.96. The summed E-state index contributed by atoms with van der Waals surface area (Å²) in [6, 6.07) is 0. The van der Waals surface area contributed by atoms with Gasteiger partial charge in [0.2, 0.25) is 5.92 Å². The standard InChI is InChI=1S/C10H14F2/c1-10(11,12)8-4-7-9-5-2-3-6-9/h2-3,5H,4,6-8H2,1H3. The summed E-state index contributed by atoms with van der Waals surface area (Å²) >= 11 is 0. The second-order valence-corrected chi connectivity index (χ2v) is 3.38. The van der Waals surface area contributed by atoms with E-state index in [1.165, 1.54) is 5.57 Å². The highest BCUT2D eigenvalue weighted by molar-refractivity contribution is 5.22. The SMILES string of the molecule is CC(F)(F)CCCC1=CC=CC1. The Morgan fingerprint density at radius 3 is 2.75 bits per heavy atom. The first-order valence-electron chi connectivity index (χ1n) is 4.30. The van der Waals surface area contributed by atoms with Gasteiger partial charge in [-0.15, -0.1) is 0 Å². The molecular formula is C10H14F2. The quantitative estimate of drug-likeness (QED) is 0.606. The zero-order valence-corrected chi connectivity index (χ0v) is 7.32. The van der Waals surface area contributed by atoms with Crippen LogP contribution in [0.1, 0.15) is 32.6 Å². The molecule has 0 nitrogen and oxygen atoms in total. The van der Waals surface area contributed by atoms with E-state index in [4.69, 9.17) is 0 Å².